The quantitative estimate of drug-likeness (QED) is 0.103. The van der Waals surface area contributed by atoms with Gasteiger partial charge in [0.05, 0.1) is 123 Å². The Hall–Kier alpha value is -9.43. The van der Waals surface area contributed by atoms with Crippen molar-refractivity contribution in [1.29, 1.82) is 15.8 Å². The molecular formula is C53H34BrN7O8. The number of fused-ring (bicyclic) bond motifs is 4. The summed E-state index contributed by atoms with van der Waals surface area (Å²) in [5.74, 6) is -2.73. The van der Waals surface area contributed by atoms with Crippen molar-refractivity contribution in [1.82, 2.24) is 0 Å². The summed E-state index contributed by atoms with van der Waals surface area (Å²) in [4.78, 5) is 59.4. The highest BCUT2D eigenvalue weighted by Gasteiger charge is 2.40. The van der Waals surface area contributed by atoms with Crippen LogP contribution in [0.1, 0.15) is 58.1 Å². The molecule has 0 radical (unpaired) electrons. The van der Waals surface area contributed by atoms with Gasteiger partial charge in [0.25, 0.3) is 0 Å². The van der Waals surface area contributed by atoms with Crippen molar-refractivity contribution in [3.05, 3.63) is 177 Å². The van der Waals surface area contributed by atoms with E-state index in [-0.39, 0.29) is 54.8 Å². The fraction of sp³-hybridized carbons (Fsp3) is 0.0755. The molecule has 2 aliphatic rings. The van der Waals surface area contributed by atoms with Crippen LogP contribution in [0.5, 0.6) is 0 Å². The summed E-state index contributed by atoms with van der Waals surface area (Å²) in [6, 6.07) is 45.1. The number of ether oxygens (including phenoxy) is 4. The number of benzene rings is 7. The molecule has 2 aliphatic heterocycles. The van der Waals surface area contributed by atoms with Gasteiger partial charge in [-0.15, -0.1) is 0 Å². The maximum Gasteiger partial charge on any atom is 0.337 e. The summed E-state index contributed by atoms with van der Waals surface area (Å²) in [5.41, 5.74) is 5.51. The van der Waals surface area contributed by atoms with Crippen LogP contribution in [-0.4, -0.2) is 52.3 Å². The van der Waals surface area contributed by atoms with Gasteiger partial charge in [-0.3, -0.25) is 0 Å². The summed E-state index contributed by atoms with van der Waals surface area (Å²) in [5, 5.41) is 33.9. The van der Waals surface area contributed by atoms with E-state index in [0.29, 0.717) is 56.9 Å². The van der Waals surface area contributed by atoms with Crippen LogP contribution in [-0.2, 0) is 18.9 Å². The first kappa shape index (κ1) is 44.8. The number of hydrogen-bond acceptors (Lipinski definition) is 15. The Kier molecular flexibility index (Phi) is 11.7. The number of anilines is 12. The monoisotopic (exact) mass is 975 g/mol. The van der Waals surface area contributed by atoms with Gasteiger partial charge in [-0.1, -0.05) is 48.5 Å². The second-order valence-electron chi connectivity index (χ2n) is 15.3. The normalized spacial score (nSPS) is 11.9. The van der Waals surface area contributed by atoms with Crippen molar-refractivity contribution in [3.8, 4) is 18.2 Å². The minimum atomic E-state index is -0.681. The lowest BCUT2D eigenvalue weighted by Gasteiger charge is -2.43. The van der Waals surface area contributed by atoms with E-state index in [4.69, 9.17) is 18.9 Å². The van der Waals surface area contributed by atoms with Crippen molar-refractivity contribution >= 4 is 108 Å². The summed E-state index contributed by atoms with van der Waals surface area (Å²) in [6.07, 6.45) is 0. The standard InChI is InChI=1S/C53H34BrN7O8/c1-66-50(62)30-21-31(51(63)67-2)24-34(23-30)58-39-13-5-9-17-43(39)60(44-18-10-6-14-40(44)58)48-36(27-55)47(54)37(28-56)49(38(48)29-57)61-45-19-11-7-15-41(45)59(42-16-8-12-20-46(42)61)35-25-32(52(64)68-3)22-33(26-35)53(65)69-4/h5-26H,1-4H3. The van der Waals surface area contributed by atoms with E-state index in [2.05, 4.69) is 34.1 Å². The molecule has 0 aromatic heterocycles. The molecule has 7 aromatic carbocycles. The van der Waals surface area contributed by atoms with Gasteiger partial charge < -0.3 is 38.5 Å². The molecular weight excluding hydrogens is 943 g/mol. The number of methoxy groups -OCH3 is 4. The Morgan fingerprint density at radius 2 is 0.623 bits per heavy atom. The predicted molar refractivity (Wildman–Crippen MR) is 259 cm³/mol. The first-order valence-electron chi connectivity index (χ1n) is 20.8. The van der Waals surface area contributed by atoms with Crippen LogP contribution < -0.4 is 19.6 Å². The van der Waals surface area contributed by atoms with Crippen LogP contribution in [0, 0.1) is 34.0 Å². The van der Waals surface area contributed by atoms with E-state index in [0.717, 1.165) is 0 Å². The minimum absolute atomic E-state index is 0.0132. The number of rotatable bonds is 8. The summed E-state index contributed by atoms with van der Waals surface area (Å²) < 4.78 is 20.4. The molecule has 0 unspecified atom stereocenters. The Morgan fingerprint density at radius 1 is 0.391 bits per heavy atom. The molecule has 0 aliphatic carbocycles. The van der Waals surface area contributed by atoms with Gasteiger partial charge >= 0.3 is 23.9 Å². The molecule has 15 nitrogen and oxygen atoms in total. The number of nitrogens with zero attached hydrogens (tertiary/aromatic N) is 7. The SMILES string of the molecule is COC(=O)c1cc(C(=O)OC)cc(N2c3ccccc3N(c3c(C#N)c(Br)c(C#N)c(N4c5ccccc5N(c5cc(C(=O)OC)cc(C(=O)OC)c5)c5ccccc54)c3C#N)c3ccccc32)c1. The molecule has 7 aromatic rings. The Morgan fingerprint density at radius 3 is 0.841 bits per heavy atom. The van der Waals surface area contributed by atoms with Gasteiger partial charge in [0, 0.05) is 11.4 Å². The van der Waals surface area contributed by atoms with E-state index in [1.54, 1.807) is 58.3 Å². The van der Waals surface area contributed by atoms with Gasteiger partial charge in [-0.05, 0) is 101 Å². The molecule has 0 bridgehead atoms. The van der Waals surface area contributed by atoms with Crippen LogP contribution >= 0.6 is 15.9 Å². The van der Waals surface area contributed by atoms with E-state index in [1.807, 2.05) is 82.6 Å². The fourth-order valence-electron chi connectivity index (χ4n) is 8.80. The highest BCUT2D eigenvalue weighted by molar-refractivity contribution is 9.10. The van der Waals surface area contributed by atoms with Crippen molar-refractivity contribution in [2.75, 3.05) is 48.0 Å². The highest BCUT2D eigenvalue weighted by Crippen LogP contribution is 2.60. The van der Waals surface area contributed by atoms with Crippen molar-refractivity contribution < 1.29 is 38.1 Å². The van der Waals surface area contributed by atoms with E-state index < -0.39 is 23.9 Å². The average Bonchev–Trinajstić information content (AvgIpc) is 3.39. The molecule has 0 N–H and O–H groups in total. The second kappa shape index (κ2) is 18.1. The fourth-order valence-corrected chi connectivity index (χ4v) is 9.36. The summed E-state index contributed by atoms with van der Waals surface area (Å²) in [6.45, 7) is 0. The van der Waals surface area contributed by atoms with Crippen LogP contribution in [0.25, 0.3) is 0 Å². The summed E-state index contributed by atoms with van der Waals surface area (Å²) in [7, 11) is 4.96. The lowest BCUT2D eigenvalue weighted by atomic mass is 9.94. The molecule has 0 spiro atoms. The van der Waals surface area contributed by atoms with Gasteiger partial charge in [0.15, 0.2) is 0 Å². The van der Waals surface area contributed by atoms with Gasteiger partial charge in [-0.2, -0.15) is 15.8 Å². The lowest BCUT2D eigenvalue weighted by molar-refractivity contribution is 0.0581. The zero-order valence-electron chi connectivity index (χ0n) is 37.0. The maximum absolute atomic E-state index is 13.0. The molecule has 16 heteroatoms. The summed E-state index contributed by atoms with van der Waals surface area (Å²) >= 11 is 3.67. The van der Waals surface area contributed by atoms with Crippen LogP contribution in [0.2, 0.25) is 0 Å². The highest BCUT2D eigenvalue weighted by atomic mass is 79.9. The maximum atomic E-state index is 13.0. The molecule has 0 atom stereocenters. The zero-order valence-corrected chi connectivity index (χ0v) is 38.6. The Labute approximate surface area is 403 Å². The van der Waals surface area contributed by atoms with Crippen molar-refractivity contribution in [2.24, 2.45) is 0 Å². The molecule has 2 heterocycles. The number of esters is 4. The third-order valence-corrected chi connectivity index (χ3v) is 12.5. The number of hydrogen-bond donors (Lipinski definition) is 0. The zero-order chi connectivity index (χ0) is 48.7. The predicted octanol–water partition coefficient (Wildman–Crippen LogP) is 11.7. The van der Waals surface area contributed by atoms with Crippen molar-refractivity contribution in [2.45, 2.75) is 0 Å². The minimum Gasteiger partial charge on any atom is -0.465 e. The van der Waals surface area contributed by atoms with Gasteiger partial charge in [0.1, 0.15) is 23.8 Å². The molecule has 0 saturated heterocycles. The van der Waals surface area contributed by atoms with Crippen LogP contribution in [0.15, 0.2) is 138 Å². The molecule has 9 rings (SSSR count). The average molecular weight is 977 g/mol. The Balaban J connectivity index is 1.32. The van der Waals surface area contributed by atoms with Crippen LogP contribution in [0.3, 0.4) is 0 Å². The number of halogens is 1. The first-order chi connectivity index (χ1) is 33.5. The van der Waals surface area contributed by atoms with Crippen LogP contribution in [0.4, 0.5) is 68.2 Å². The topological polar surface area (TPSA) is 190 Å². The smallest absolute Gasteiger partial charge is 0.337 e. The number of nitriles is 3. The molecule has 336 valence electrons. The third kappa shape index (κ3) is 7.27. The molecule has 0 amide bonds. The number of carbonyl (C=O) groups excluding carboxylic acids is 4. The van der Waals surface area contributed by atoms with E-state index in [1.165, 1.54) is 40.6 Å². The second-order valence-corrected chi connectivity index (χ2v) is 16.1. The van der Waals surface area contributed by atoms with Crippen molar-refractivity contribution in [3.63, 3.8) is 0 Å². The largest absolute Gasteiger partial charge is 0.465 e. The van der Waals surface area contributed by atoms with Gasteiger partial charge in [-0.25, -0.2) is 19.2 Å². The third-order valence-electron chi connectivity index (χ3n) is 11.7. The van der Waals surface area contributed by atoms with Gasteiger partial charge in [0.2, 0.25) is 0 Å². The van der Waals surface area contributed by atoms with E-state index in [9.17, 15) is 35.0 Å². The number of carbonyl (C=O) groups is 4. The first-order valence-corrected chi connectivity index (χ1v) is 21.6. The van der Waals surface area contributed by atoms with E-state index >= 15 is 0 Å². The number of para-hydroxylation sites is 8. The lowest BCUT2D eigenvalue weighted by Crippen LogP contribution is -2.28. The Bertz CT molecular complexity index is 3100. The molecule has 0 saturated carbocycles. The molecule has 69 heavy (non-hydrogen) atoms. The molecule has 0 fully saturated rings.